The van der Waals surface area contributed by atoms with Crippen molar-refractivity contribution < 1.29 is 86.7 Å². The molecule has 7 N–H and O–H groups in total. The molecule has 4 aromatic rings. The lowest BCUT2D eigenvalue weighted by molar-refractivity contribution is -0.287. The van der Waals surface area contributed by atoms with Crippen LogP contribution in [0, 0.1) is 5.92 Å². The molecule has 446 valence electrons. The Morgan fingerprint density at radius 1 is 0.566 bits per heavy atom. The zero-order chi connectivity index (χ0) is 58.7. The minimum absolute atomic E-state index is 0.0103. The lowest BCUT2D eigenvalue weighted by Gasteiger charge is -2.46. The third-order valence-electron chi connectivity index (χ3n) is 14.4. The number of carbonyl (C=O) groups excluding carboxylic acids is 5. The summed E-state index contributed by atoms with van der Waals surface area (Å²) in [6.07, 6.45) is -9.56. The van der Waals surface area contributed by atoms with E-state index in [-0.39, 0.29) is 44.8 Å². The van der Waals surface area contributed by atoms with Crippen molar-refractivity contribution in [1.29, 1.82) is 0 Å². The first kappa shape index (κ1) is 61.8. The van der Waals surface area contributed by atoms with Gasteiger partial charge in [-0.25, -0.2) is 19.2 Å². The van der Waals surface area contributed by atoms with Gasteiger partial charge in [0.05, 0.1) is 36.5 Å². The van der Waals surface area contributed by atoms with Gasteiger partial charge in [-0.2, -0.15) is 0 Å². The van der Waals surface area contributed by atoms with E-state index in [0.29, 0.717) is 12.8 Å². The number of esters is 1. The van der Waals surface area contributed by atoms with Crippen LogP contribution in [0.15, 0.2) is 146 Å². The van der Waals surface area contributed by atoms with Gasteiger partial charge in [0.1, 0.15) is 62.4 Å². The van der Waals surface area contributed by atoms with Crippen LogP contribution in [-0.2, 0) is 72.0 Å². The van der Waals surface area contributed by atoms with Crippen molar-refractivity contribution in [2.75, 3.05) is 13.2 Å². The number of benzene rings is 4. The van der Waals surface area contributed by atoms with Crippen molar-refractivity contribution in [1.82, 2.24) is 21.3 Å². The maximum atomic E-state index is 14.5. The Morgan fingerprint density at radius 3 is 1.53 bits per heavy atom. The van der Waals surface area contributed by atoms with Crippen molar-refractivity contribution in [3.8, 4) is 0 Å². The molecule has 3 aliphatic heterocycles. The van der Waals surface area contributed by atoms with Gasteiger partial charge in [0.2, 0.25) is 0 Å². The predicted molar refractivity (Wildman–Crippen MR) is 296 cm³/mol. The van der Waals surface area contributed by atoms with Crippen molar-refractivity contribution in [3.63, 3.8) is 0 Å². The van der Waals surface area contributed by atoms with E-state index in [1.165, 1.54) is 12.1 Å². The van der Waals surface area contributed by atoms with E-state index in [2.05, 4.69) is 21.3 Å². The summed E-state index contributed by atoms with van der Waals surface area (Å²) >= 11 is 0. The number of nitrogens with one attached hydrogen (secondary N) is 4. The zero-order valence-electron chi connectivity index (χ0n) is 46.4. The van der Waals surface area contributed by atoms with Crippen molar-refractivity contribution >= 4 is 30.2 Å². The van der Waals surface area contributed by atoms with Crippen LogP contribution in [-0.4, -0.2) is 151 Å². The summed E-state index contributed by atoms with van der Waals surface area (Å²) in [7, 11) is 0. The molecule has 1 aliphatic carbocycles. The number of hydrogen-bond donors (Lipinski definition) is 7. The van der Waals surface area contributed by atoms with E-state index in [4.69, 9.17) is 47.4 Å². The van der Waals surface area contributed by atoms with Crippen molar-refractivity contribution in [3.05, 3.63) is 168 Å². The molecular formula is C61H74N4O18. The van der Waals surface area contributed by atoms with Crippen LogP contribution in [0.1, 0.15) is 73.5 Å². The first-order valence-corrected chi connectivity index (χ1v) is 28.0. The predicted octanol–water partition coefficient (Wildman–Crippen LogP) is 5.62. The second-order valence-corrected chi connectivity index (χ2v) is 20.5. The molecule has 83 heavy (non-hydrogen) atoms. The molecule has 0 aromatic heterocycles. The highest BCUT2D eigenvalue weighted by atomic mass is 16.8. The second kappa shape index (κ2) is 30.9. The number of alkyl carbamates (subject to hydrolysis) is 3. The Bertz CT molecular complexity index is 2750. The molecule has 1 saturated carbocycles. The van der Waals surface area contributed by atoms with Crippen LogP contribution < -0.4 is 21.3 Å². The molecule has 22 nitrogen and oxygen atoms in total. The van der Waals surface area contributed by atoms with Crippen LogP contribution in [0.25, 0.3) is 0 Å². The van der Waals surface area contributed by atoms with Gasteiger partial charge in [-0.3, -0.25) is 4.79 Å². The van der Waals surface area contributed by atoms with E-state index >= 15 is 0 Å². The number of ether oxygens (including phenoxy) is 10. The standard InChI is InChI=1S/C61H74N4O18/c1-4-42-26-28-44(64-60(72)75-35-39-20-12-7-13-21-39)56(77-42)81-51-37(3)32-46(63-54(69)47(79-55(70)41-24-16-9-17-25-41)30-31-62-59(71)74-34-38-18-10-6-11-19-38)49(67)53(51)83-58-50(68)52(48(33-66)80-58)82-57-45(29-27-43(5-2)78-57)65-61(73)76-36-40-22-14-8-15-23-40/h6-29,37,42-53,56-58,66-68H,4-5,30-36H2,1-3H3,(H,62,71)(H,63,69)(H,64,72)(H,65,73)/t37-,42+,43-,44+,45+,46+,47-,48+,49-,50+,51+,52+,53+,56+,57+,58-/m0/s1. The van der Waals surface area contributed by atoms with E-state index in [1.807, 2.05) is 80.6 Å². The maximum Gasteiger partial charge on any atom is 0.408 e. The van der Waals surface area contributed by atoms with Crippen LogP contribution in [0.3, 0.4) is 0 Å². The van der Waals surface area contributed by atoms with Gasteiger partial charge in [0.15, 0.2) is 25.0 Å². The maximum absolute atomic E-state index is 14.5. The number of carbonyl (C=O) groups is 5. The van der Waals surface area contributed by atoms with Gasteiger partial charge in [-0.1, -0.05) is 154 Å². The summed E-state index contributed by atoms with van der Waals surface area (Å²) in [5, 5.41) is 46.4. The third-order valence-corrected chi connectivity index (χ3v) is 14.4. The first-order valence-electron chi connectivity index (χ1n) is 28.0. The van der Waals surface area contributed by atoms with Gasteiger partial charge >= 0.3 is 24.2 Å². The number of aliphatic hydroxyl groups excluding tert-OH is 3. The van der Waals surface area contributed by atoms with E-state index in [9.17, 15) is 39.3 Å². The average Bonchev–Trinajstić information content (AvgIpc) is 4.12. The molecule has 4 aliphatic rings. The molecule has 4 amide bonds. The molecule has 22 heteroatoms. The summed E-state index contributed by atoms with van der Waals surface area (Å²) in [6, 6.07) is 32.3. The molecule has 16 atom stereocenters. The highest BCUT2D eigenvalue weighted by Gasteiger charge is 2.53. The molecule has 1 saturated heterocycles. The van der Waals surface area contributed by atoms with Crippen LogP contribution in [0.2, 0.25) is 0 Å². The van der Waals surface area contributed by atoms with Gasteiger partial charge in [-0.05, 0) is 54.0 Å². The van der Waals surface area contributed by atoms with E-state index in [1.54, 1.807) is 73.7 Å². The Hall–Kier alpha value is -7.25. The summed E-state index contributed by atoms with van der Waals surface area (Å²) in [5.74, 6) is -2.27. The topological polar surface area (TPSA) is 286 Å². The fraction of sp³-hybridized carbons (Fsp3) is 0.459. The molecule has 8 rings (SSSR count). The molecule has 2 fully saturated rings. The quantitative estimate of drug-likeness (QED) is 0.0255. The zero-order valence-corrected chi connectivity index (χ0v) is 46.4. The highest BCUT2D eigenvalue weighted by Crippen LogP contribution is 2.37. The van der Waals surface area contributed by atoms with Crippen LogP contribution >= 0.6 is 0 Å². The lowest BCUT2D eigenvalue weighted by Crippen LogP contribution is -2.63. The first-order chi connectivity index (χ1) is 40.3. The summed E-state index contributed by atoms with van der Waals surface area (Å²) < 4.78 is 60.7. The summed E-state index contributed by atoms with van der Waals surface area (Å²) in [5.41, 5.74) is 2.44. The lowest BCUT2D eigenvalue weighted by atomic mass is 9.80. The molecule has 0 radical (unpaired) electrons. The van der Waals surface area contributed by atoms with Gasteiger partial charge in [0, 0.05) is 13.0 Å². The Balaban J connectivity index is 1.01. The highest BCUT2D eigenvalue weighted by molar-refractivity contribution is 5.92. The molecular weight excluding hydrogens is 1080 g/mol. The molecule has 0 bridgehead atoms. The Labute approximate surface area is 481 Å². The van der Waals surface area contributed by atoms with Crippen molar-refractivity contribution in [2.45, 2.75) is 158 Å². The minimum Gasteiger partial charge on any atom is -0.449 e. The number of amides is 4. The van der Waals surface area contributed by atoms with Gasteiger partial charge in [0.25, 0.3) is 5.91 Å². The minimum atomic E-state index is -1.69. The van der Waals surface area contributed by atoms with Crippen LogP contribution in [0.5, 0.6) is 0 Å². The average molecular weight is 1150 g/mol. The van der Waals surface area contributed by atoms with E-state index in [0.717, 1.165) is 16.7 Å². The summed E-state index contributed by atoms with van der Waals surface area (Å²) in [6.45, 7) is 4.69. The van der Waals surface area contributed by atoms with Gasteiger partial charge < -0.3 is 84.0 Å². The number of aliphatic hydroxyl groups is 3. The number of rotatable bonds is 24. The monoisotopic (exact) mass is 1150 g/mol. The molecule has 3 heterocycles. The Kier molecular flexibility index (Phi) is 23.0. The largest absolute Gasteiger partial charge is 0.449 e. The molecule has 0 spiro atoms. The van der Waals surface area contributed by atoms with Crippen molar-refractivity contribution in [2.24, 2.45) is 5.92 Å². The fourth-order valence-electron chi connectivity index (χ4n) is 9.91. The van der Waals surface area contributed by atoms with Gasteiger partial charge in [-0.15, -0.1) is 0 Å². The molecule has 4 aromatic carbocycles. The number of hydrogen-bond acceptors (Lipinski definition) is 18. The second-order valence-electron chi connectivity index (χ2n) is 20.5. The van der Waals surface area contributed by atoms with E-state index < -0.39 is 135 Å². The third kappa shape index (κ3) is 17.6. The fourth-order valence-corrected chi connectivity index (χ4v) is 9.91. The SMILES string of the molecule is CC[C@H]1C=C[C@@H](NC(=O)OCc2ccccc2)[C@@H](O[C@H]2[C@@H](O)[C@H](O[C@@H]3[C@@H](O)[C@H](NC(=O)[C@H](CCNC(=O)OCc4ccccc4)OC(=O)c4ccccc4)C[C@H](C)[C@H]3O[C@H]3O[C@H](CC)C=C[C@H]3NC(=O)OCc3ccccc3)O[C@@H]2CO)O1. The smallest absolute Gasteiger partial charge is 0.408 e. The Morgan fingerprint density at radius 2 is 1.04 bits per heavy atom. The normalized spacial score (nSPS) is 28.7. The summed E-state index contributed by atoms with van der Waals surface area (Å²) in [4.78, 5) is 67.2. The molecule has 0 unspecified atom stereocenters. The van der Waals surface area contributed by atoms with Crippen LogP contribution in [0.4, 0.5) is 14.4 Å².